The maximum atomic E-state index is 13.0. The summed E-state index contributed by atoms with van der Waals surface area (Å²) in [6, 6.07) is 11.7. The highest BCUT2D eigenvalue weighted by atomic mass is 35.5. The molecule has 7 heteroatoms. The molecule has 0 saturated carbocycles. The van der Waals surface area contributed by atoms with Gasteiger partial charge in [0.05, 0.1) is 32.1 Å². The number of methoxy groups -OCH3 is 2. The summed E-state index contributed by atoms with van der Waals surface area (Å²) in [4.78, 5) is 26.7. The number of hydrogen-bond donors (Lipinski definition) is 0. The smallest absolute Gasteiger partial charge is 0.277 e. The summed E-state index contributed by atoms with van der Waals surface area (Å²) in [5.41, 5.74) is 0.980. The Labute approximate surface area is 161 Å². The molecule has 0 N–H and O–H groups in total. The molecule has 0 bridgehead atoms. The number of anilines is 1. The highest BCUT2D eigenvalue weighted by Gasteiger charge is 2.39. The molecule has 0 atom stereocenters. The largest absolute Gasteiger partial charge is 0.494 e. The van der Waals surface area contributed by atoms with Crippen LogP contribution < -0.4 is 19.1 Å². The molecule has 2 aromatic carbocycles. The second-order valence-corrected chi connectivity index (χ2v) is 6.01. The number of carbonyl (C=O) groups is 2. The summed E-state index contributed by atoms with van der Waals surface area (Å²) in [7, 11) is 3.01. The number of hydrogen-bond acceptors (Lipinski definition) is 5. The van der Waals surface area contributed by atoms with Crippen molar-refractivity contribution >= 4 is 34.7 Å². The molecule has 0 radical (unpaired) electrons. The standard InChI is InChI=1S/C20H18ClNO5/c1-4-27-14-7-5-6-13(11-14)22-19(23)17(18(21)20(22)24)12-8-9-15(25-2)16(10-12)26-3/h5-11H,4H2,1-3H3. The van der Waals surface area contributed by atoms with Crippen LogP contribution in [0.2, 0.25) is 0 Å². The van der Waals surface area contributed by atoms with Gasteiger partial charge in [-0.15, -0.1) is 0 Å². The van der Waals surface area contributed by atoms with E-state index in [4.69, 9.17) is 25.8 Å². The van der Waals surface area contributed by atoms with Crippen molar-refractivity contribution in [1.29, 1.82) is 0 Å². The molecule has 0 aliphatic carbocycles. The maximum Gasteiger partial charge on any atom is 0.277 e. The molecule has 0 spiro atoms. The zero-order valence-electron chi connectivity index (χ0n) is 15.1. The van der Waals surface area contributed by atoms with E-state index in [2.05, 4.69) is 0 Å². The predicted octanol–water partition coefficient (Wildman–Crippen LogP) is 3.63. The summed E-state index contributed by atoms with van der Waals surface area (Å²) < 4.78 is 15.9. The molecule has 140 valence electrons. The van der Waals surface area contributed by atoms with E-state index in [1.165, 1.54) is 14.2 Å². The van der Waals surface area contributed by atoms with Crippen molar-refractivity contribution < 1.29 is 23.8 Å². The third-order valence-electron chi connectivity index (χ3n) is 4.09. The fourth-order valence-corrected chi connectivity index (χ4v) is 3.13. The monoisotopic (exact) mass is 387 g/mol. The average Bonchev–Trinajstić information content (AvgIpc) is 2.90. The van der Waals surface area contributed by atoms with Gasteiger partial charge in [-0.3, -0.25) is 9.59 Å². The van der Waals surface area contributed by atoms with Crippen molar-refractivity contribution in [3.8, 4) is 17.2 Å². The van der Waals surface area contributed by atoms with Gasteiger partial charge in [0.2, 0.25) is 0 Å². The van der Waals surface area contributed by atoms with Crippen LogP contribution in [-0.2, 0) is 9.59 Å². The molecular formula is C20H18ClNO5. The zero-order valence-corrected chi connectivity index (χ0v) is 15.9. The lowest BCUT2D eigenvalue weighted by atomic mass is 10.1. The fourth-order valence-electron chi connectivity index (χ4n) is 2.86. The van der Waals surface area contributed by atoms with Gasteiger partial charge in [0.25, 0.3) is 11.8 Å². The zero-order chi connectivity index (χ0) is 19.6. The van der Waals surface area contributed by atoms with Crippen LogP contribution in [0, 0.1) is 0 Å². The second-order valence-electron chi connectivity index (χ2n) is 5.63. The fraction of sp³-hybridized carbons (Fsp3) is 0.200. The Hall–Kier alpha value is -2.99. The third kappa shape index (κ3) is 3.36. The van der Waals surface area contributed by atoms with E-state index >= 15 is 0 Å². The summed E-state index contributed by atoms with van der Waals surface area (Å²) in [5, 5.41) is -0.144. The van der Waals surface area contributed by atoms with Gasteiger partial charge >= 0.3 is 0 Å². The van der Waals surface area contributed by atoms with Crippen LogP contribution >= 0.6 is 11.6 Å². The maximum absolute atomic E-state index is 13.0. The molecule has 0 unspecified atom stereocenters. The first kappa shape index (κ1) is 18.8. The normalized spacial score (nSPS) is 14.0. The first-order valence-corrected chi connectivity index (χ1v) is 8.63. The highest BCUT2D eigenvalue weighted by molar-refractivity contribution is 6.60. The van der Waals surface area contributed by atoms with Crippen molar-refractivity contribution in [2.24, 2.45) is 0 Å². The predicted molar refractivity (Wildman–Crippen MR) is 102 cm³/mol. The minimum Gasteiger partial charge on any atom is -0.494 e. The molecule has 2 aromatic rings. The molecule has 1 aliphatic heterocycles. The quantitative estimate of drug-likeness (QED) is 0.708. The van der Waals surface area contributed by atoms with Crippen LogP contribution in [0.1, 0.15) is 12.5 Å². The summed E-state index contributed by atoms with van der Waals surface area (Å²) in [6.07, 6.45) is 0. The van der Waals surface area contributed by atoms with Gasteiger partial charge in [0, 0.05) is 6.07 Å². The molecule has 0 aromatic heterocycles. The van der Waals surface area contributed by atoms with E-state index in [-0.39, 0.29) is 10.6 Å². The molecule has 0 saturated heterocycles. The highest BCUT2D eigenvalue weighted by Crippen LogP contribution is 2.38. The summed E-state index contributed by atoms with van der Waals surface area (Å²) >= 11 is 6.24. The Bertz CT molecular complexity index is 938. The lowest BCUT2D eigenvalue weighted by molar-refractivity contribution is -0.119. The van der Waals surface area contributed by atoms with Crippen LogP contribution in [0.5, 0.6) is 17.2 Å². The van der Waals surface area contributed by atoms with Crippen molar-refractivity contribution in [3.05, 3.63) is 53.1 Å². The van der Waals surface area contributed by atoms with Gasteiger partial charge in [-0.25, -0.2) is 4.90 Å². The molecular weight excluding hydrogens is 370 g/mol. The molecule has 1 aliphatic rings. The van der Waals surface area contributed by atoms with Gasteiger partial charge < -0.3 is 14.2 Å². The van der Waals surface area contributed by atoms with E-state index < -0.39 is 11.8 Å². The SMILES string of the molecule is CCOc1cccc(N2C(=O)C(Cl)=C(c3ccc(OC)c(OC)c3)C2=O)c1. The molecule has 1 heterocycles. The second kappa shape index (κ2) is 7.72. The van der Waals surface area contributed by atoms with Gasteiger partial charge in [-0.1, -0.05) is 23.7 Å². The van der Waals surface area contributed by atoms with Crippen LogP contribution in [0.4, 0.5) is 5.69 Å². The number of carbonyl (C=O) groups excluding carboxylic acids is 2. The Morgan fingerprint density at radius 1 is 0.963 bits per heavy atom. The molecule has 3 rings (SSSR count). The topological polar surface area (TPSA) is 65.1 Å². The van der Waals surface area contributed by atoms with E-state index in [0.717, 1.165) is 4.90 Å². The lowest BCUT2D eigenvalue weighted by Crippen LogP contribution is -2.31. The summed E-state index contributed by atoms with van der Waals surface area (Å²) in [5.74, 6) is 0.414. The van der Waals surface area contributed by atoms with E-state index in [1.807, 2.05) is 6.92 Å². The van der Waals surface area contributed by atoms with Gasteiger partial charge in [-0.2, -0.15) is 0 Å². The van der Waals surface area contributed by atoms with Gasteiger partial charge in [0.15, 0.2) is 11.5 Å². The van der Waals surface area contributed by atoms with Crippen molar-refractivity contribution in [2.75, 3.05) is 25.7 Å². The van der Waals surface area contributed by atoms with Gasteiger partial charge in [-0.05, 0) is 36.8 Å². The Morgan fingerprint density at radius 2 is 1.70 bits per heavy atom. The van der Waals surface area contributed by atoms with Crippen molar-refractivity contribution in [2.45, 2.75) is 6.92 Å². The van der Waals surface area contributed by atoms with Crippen molar-refractivity contribution in [3.63, 3.8) is 0 Å². The minimum atomic E-state index is -0.583. The number of nitrogens with zero attached hydrogens (tertiary/aromatic N) is 1. The van der Waals surface area contributed by atoms with E-state index in [1.54, 1.807) is 42.5 Å². The van der Waals surface area contributed by atoms with E-state index in [0.29, 0.717) is 35.1 Å². The Balaban J connectivity index is 2.01. The average molecular weight is 388 g/mol. The first-order valence-electron chi connectivity index (χ1n) is 8.25. The Kier molecular flexibility index (Phi) is 5.37. The number of halogens is 1. The van der Waals surface area contributed by atoms with Crippen LogP contribution in [0.15, 0.2) is 47.5 Å². The van der Waals surface area contributed by atoms with Crippen LogP contribution in [0.25, 0.3) is 5.57 Å². The molecule has 6 nitrogen and oxygen atoms in total. The van der Waals surface area contributed by atoms with Crippen molar-refractivity contribution in [1.82, 2.24) is 0 Å². The summed E-state index contributed by atoms with van der Waals surface area (Å²) in [6.45, 7) is 2.33. The molecule has 2 amide bonds. The van der Waals surface area contributed by atoms with Gasteiger partial charge in [0.1, 0.15) is 10.8 Å². The molecule has 27 heavy (non-hydrogen) atoms. The number of ether oxygens (including phenoxy) is 3. The number of benzene rings is 2. The number of imide groups is 1. The Morgan fingerprint density at radius 3 is 2.37 bits per heavy atom. The molecule has 0 fully saturated rings. The van der Waals surface area contributed by atoms with Crippen LogP contribution in [0.3, 0.4) is 0 Å². The lowest BCUT2D eigenvalue weighted by Gasteiger charge is -2.16. The number of amides is 2. The van der Waals surface area contributed by atoms with Crippen LogP contribution in [-0.4, -0.2) is 32.6 Å². The number of rotatable bonds is 6. The van der Waals surface area contributed by atoms with E-state index in [9.17, 15) is 9.59 Å². The first-order chi connectivity index (χ1) is 13.0. The third-order valence-corrected chi connectivity index (χ3v) is 4.44. The minimum absolute atomic E-state index is 0.115.